The molecule has 16 nitrogen and oxygen atoms in total. The van der Waals surface area contributed by atoms with E-state index < -0.39 is 0 Å². The predicted molar refractivity (Wildman–Crippen MR) is 331 cm³/mol. The topological polar surface area (TPSA) is 175 Å². The Labute approximate surface area is 478 Å². The van der Waals surface area contributed by atoms with Gasteiger partial charge in [0.2, 0.25) is 40.9 Å². The van der Waals surface area contributed by atoms with Crippen LogP contribution < -0.4 is 0 Å². The lowest BCUT2D eigenvalue weighted by Gasteiger charge is -2.11. The van der Waals surface area contributed by atoms with Gasteiger partial charge in [-0.25, -0.2) is 13.7 Å². The molecular weight excluding hydrogens is 1060 g/mol. The number of fused-ring (bicyclic) bond motifs is 18. The average Bonchev–Trinajstić information content (AvgIpc) is 1.77. The van der Waals surface area contributed by atoms with Gasteiger partial charge >= 0.3 is 0 Å². The molecule has 0 aliphatic heterocycles. The second-order valence-corrected chi connectivity index (χ2v) is 20.6. The van der Waals surface area contributed by atoms with Crippen LogP contribution in [0.3, 0.4) is 0 Å². The summed E-state index contributed by atoms with van der Waals surface area (Å²) in [6.45, 7) is 0. The number of hydrogen-bond donors (Lipinski definition) is 0. The zero-order chi connectivity index (χ0) is 55.7. The molecule has 398 valence electrons. The fourth-order valence-electron chi connectivity index (χ4n) is 12.3. The lowest BCUT2D eigenvalue weighted by atomic mass is 10.1. The number of aromatic nitrogens is 13. The van der Waals surface area contributed by atoms with Crippen LogP contribution in [-0.2, 0) is 0 Å². The standard InChI is InChI=1S/C35H19N7O2.C34H20N6O/c1-2-8-20(9-3-1)31-38-34(41-25-14-16-36-18-23(25)29-21-10-4-6-12-27(21)43-32(29)41)40-35(39-31)42-26-15-17-37-19-24(26)30-22-11-5-7-13-28(22)44-33(30)42;1-2-10-21(11-3-1)31-36-33(39-26-15-7-4-12-22(26)23-13-5-8-16-27(23)39)38-34(37-31)40-28-18-19-35-20-25(28)30-24-14-6-9-17-29(24)41-32(30)40/h1-19H;1-20H. The van der Waals surface area contributed by atoms with Gasteiger partial charge in [-0.15, -0.1) is 0 Å². The number of nitrogens with zero attached hydrogens (tertiary/aromatic N) is 13. The Morgan fingerprint density at radius 1 is 0.247 bits per heavy atom. The third-order valence-corrected chi connectivity index (χ3v) is 15.9. The van der Waals surface area contributed by atoms with Crippen molar-refractivity contribution >= 4 is 121 Å². The van der Waals surface area contributed by atoms with E-state index in [2.05, 4.69) is 74.1 Å². The Kier molecular flexibility index (Phi) is 9.95. The SMILES string of the molecule is c1ccc(-c2nc(-n3c4ccccc4c4ccccc43)nc(-n3c4ccncc4c4c5ccccc5oc43)n2)cc1.c1ccc(-c2nc(-n3c4ccncc4c4c5ccccc5oc43)nc(-n3c4ccncc4c4c5ccccc5oc43)n2)cc1. The summed E-state index contributed by atoms with van der Waals surface area (Å²) >= 11 is 0. The van der Waals surface area contributed by atoms with Gasteiger partial charge in [0, 0.05) is 91.4 Å². The molecule has 19 rings (SSSR count). The van der Waals surface area contributed by atoms with Crippen LogP contribution in [-0.4, -0.2) is 63.1 Å². The van der Waals surface area contributed by atoms with Crippen molar-refractivity contribution in [3.8, 4) is 46.6 Å². The van der Waals surface area contributed by atoms with Crippen LogP contribution in [0.5, 0.6) is 0 Å². The summed E-state index contributed by atoms with van der Waals surface area (Å²) in [6.07, 6.45) is 10.9. The molecule has 19 aromatic rings. The van der Waals surface area contributed by atoms with Gasteiger partial charge in [0.15, 0.2) is 11.6 Å². The highest BCUT2D eigenvalue weighted by atomic mass is 16.4. The van der Waals surface area contributed by atoms with Gasteiger partial charge in [-0.3, -0.25) is 19.5 Å². The predicted octanol–water partition coefficient (Wildman–Crippen LogP) is 15.9. The first-order valence-corrected chi connectivity index (χ1v) is 27.6. The minimum Gasteiger partial charge on any atom is -0.439 e. The van der Waals surface area contributed by atoms with Gasteiger partial charge in [0.25, 0.3) is 0 Å². The van der Waals surface area contributed by atoms with E-state index in [0.29, 0.717) is 52.6 Å². The Morgan fingerprint density at radius 2 is 0.541 bits per heavy atom. The second-order valence-electron chi connectivity index (χ2n) is 20.6. The molecule has 0 N–H and O–H groups in total. The summed E-state index contributed by atoms with van der Waals surface area (Å²) in [6, 6.07) is 66.6. The van der Waals surface area contributed by atoms with E-state index in [9.17, 15) is 0 Å². The molecule has 0 aliphatic rings. The van der Waals surface area contributed by atoms with Gasteiger partial charge in [0.1, 0.15) is 16.7 Å². The number of rotatable bonds is 6. The Balaban J connectivity index is 0.000000129. The molecule has 0 fully saturated rings. The molecule has 85 heavy (non-hydrogen) atoms. The largest absolute Gasteiger partial charge is 0.439 e. The van der Waals surface area contributed by atoms with Gasteiger partial charge in [-0.1, -0.05) is 152 Å². The molecule has 12 heterocycles. The fraction of sp³-hybridized carbons (Fsp3) is 0. The van der Waals surface area contributed by atoms with Crippen LogP contribution in [0.1, 0.15) is 0 Å². The van der Waals surface area contributed by atoms with Crippen LogP contribution in [0.15, 0.2) is 251 Å². The highest BCUT2D eigenvalue weighted by Crippen LogP contribution is 2.42. The first kappa shape index (κ1) is 46.6. The molecule has 0 unspecified atom stereocenters. The fourth-order valence-corrected chi connectivity index (χ4v) is 12.3. The van der Waals surface area contributed by atoms with Crippen molar-refractivity contribution in [3.05, 3.63) is 237 Å². The maximum Gasteiger partial charge on any atom is 0.242 e. The maximum absolute atomic E-state index is 6.48. The molecule has 0 saturated heterocycles. The van der Waals surface area contributed by atoms with Crippen molar-refractivity contribution in [1.29, 1.82) is 0 Å². The lowest BCUT2D eigenvalue weighted by molar-refractivity contribution is 0.636. The van der Waals surface area contributed by atoms with Crippen molar-refractivity contribution in [2.24, 2.45) is 0 Å². The molecule has 0 saturated carbocycles. The molecular formula is C69H39N13O3. The third kappa shape index (κ3) is 6.99. The molecule has 16 heteroatoms. The van der Waals surface area contributed by atoms with Crippen LogP contribution in [0, 0.1) is 0 Å². The summed E-state index contributed by atoms with van der Waals surface area (Å²) in [7, 11) is 0. The van der Waals surface area contributed by atoms with E-state index in [1.807, 2.05) is 178 Å². The van der Waals surface area contributed by atoms with Gasteiger partial charge < -0.3 is 13.3 Å². The lowest BCUT2D eigenvalue weighted by Crippen LogP contribution is -2.10. The van der Waals surface area contributed by atoms with Crippen LogP contribution >= 0.6 is 0 Å². The van der Waals surface area contributed by atoms with Gasteiger partial charge in [-0.2, -0.15) is 29.9 Å². The zero-order valence-electron chi connectivity index (χ0n) is 44.6. The summed E-state index contributed by atoms with van der Waals surface area (Å²) < 4.78 is 27.4. The molecule has 0 aliphatic carbocycles. The number of pyridine rings is 3. The molecule has 0 radical (unpaired) electrons. The zero-order valence-corrected chi connectivity index (χ0v) is 44.6. The highest BCUT2D eigenvalue weighted by Gasteiger charge is 2.27. The monoisotopic (exact) mass is 1100 g/mol. The summed E-state index contributed by atoms with van der Waals surface area (Å²) in [4.78, 5) is 43.7. The van der Waals surface area contributed by atoms with Crippen LogP contribution in [0.4, 0.5) is 0 Å². The van der Waals surface area contributed by atoms with E-state index >= 15 is 0 Å². The first-order chi connectivity index (χ1) is 42.2. The minimum atomic E-state index is 0.416. The molecule has 0 amide bonds. The Morgan fingerprint density at radius 3 is 0.906 bits per heavy atom. The van der Waals surface area contributed by atoms with Gasteiger partial charge in [-0.05, 0) is 48.5 Å². The van der Waals surface area contributed by atoms with Crippen molar-refractivity contribution < 1.29 is 13.3 Å². The third-order valence-electron chi connectivity index (χ3n) is 15.9. The van der Waals surface area contributed by atoms with E-state index in [4.69, 9.17) is 43.2 Å². The van der Waals surface area contributed by atoms with Gasteiger partial charge in [0.05, 0.1) is 43.7 Å². The molecule has 12 aromatic heterocycles. The minimum absolute atomic E-state index is 0.416. The summed E-state index contributed by atoms with van der Waals surface area (Å²) in [5, 5.41) is 11.1. The number of benzene rings is 7. The second kappa shape index (κ2) is 18.2. The van der Waals surface area contributed by atoms with E-state index in [-0.39, 0.29) is 0 Å². The molecule has 0 spiro atoms. The van der Waals surface area contributed by atoms with Crippen molar-refractivity contribution in [3.63, 3.8) is 0 Å². The highest BCUT2D eigenvalue weighted by molar-refractivity contribution is 6.22. The Hall–Kier alpha value is -12.2. The van der Waals surface area contributed by atoms with E-state index in [1.54, 1.807) is 18.6 Å². The van der Waals surface area contributed by atoms with Crippen molar-refractivity contribution in [2.75, 3.05) is 0 Å². The first-order valence-electron chi connectivity index (χ1n) is 27.6. The molecule has 0 bridgehead atoms. The quantitative estimate of drug-likeness (QED) is 0.154. The Bertz CT molecular complexity index is 5670. The summed E-state index contributed by atoms with van der Waals surface area (Å²) in [5.41, 5.74) is 10.8. The van der Waals surface area contributed by atoms with Crippen LogP contribution in [0.2, 0.25) is 0 Å². The van der Waals surface area contributed by atoms with Crippen molar-refractivity contribution in [1.82, 2.24) is 63.1 Å². The van der Waals surface area contributed by atoms with Crippen molar-refractivity contribution in [2.45, 2.75) is 0 Å². The normalized spacial score (nSPS) is 12.0. The summed E-state index contributed by atoms with van der Waals surface area (Å²) in [5.74, 6) is 2.93. The van der Waals surface area contributed by atoms with E-state index in [1.165, 1.54) is 0 Å². The number of para-hydroxylation sites is 5. The van der Waals surface area contributed by atoms with Crippen LogP contribution in [0.25, 0.3) is 167 Å². The maximum atomic E-state index is 6.48. The number of furan rings is 3. The molecule has 0 atom stereocenters. The number of hydrogen-bond acceptors (Lipinski definition) is 12. The van der Waals surface area contributed by atoms with E-state index in [0.717, 1.165) is 115 Å². The molecule has 7 aromatic carbocycles. The average molecular weight is 1100 g/mol. The smallest absolute Gasteiger partial charge is 0.242 e.